The monoisotopic (exact) mass is 443 g/mol. The zero-order valence-electron chi connectivity index (χ0n) is 12.5. The standard InChI is InChI=1S/C17H15FINO2S/c1-21-15-9-12(17-20-6-7-23-17)8-14(19)16(15)22-10-11-4-2-3-5-13(11)18/h2-5,8-9H,6-7,10H2,1H3. The van der Waals surface area contributed by atoms with Gasteiger partial charge in [-0.25, -0.2) is 4.39 Å². The topological polar surface area (TPSA) is 30.8 Å². The average Bonchev–Trinajstić information content (AvgIpc) is 3.09. The van der Waals surface area contributed by atoms with E-state index in [9.17, 15) is 4.39 Å². The third-order valence-corrected chi connectivity index (χ3v) is 5.22. The van der Waals surface area contributed by atoms with Crippen molar-refractivity contribution in [3.8, 4) is 11.5 Å². The van der Waals surface area contributed by atoms with Crippen LogP contribution in [0.2, 0.25) is 0 Å². The fourth-order valence-corrected chi connectivity index (χ4v) is 3.86. The highest BCUT2D eigenvalue weighted by atomic mass is 127. The molecule has 0 aliphatic carbocycles. The van der Waals surface area contributed by atoms with Gasteiger partial charge in [0.1, 0.15) is 12.4 Å². The summed E-state index contributed by atoms with van der Waals surface area (Å²) in [7, 11) is 1.61. The molecule has 0 amide bonds. The summed E-state index contributed by atoms with van der Waals surface area (Å²) in [6, 6.07) is 10.6. The van der Waals surface area contributed by atoms with Crippen molar-refractivity contribution in [2.45, 2.75) is 6.61 Å². The highest BCUT2D eigenvalue weighted by molar-refractivity contribution is 14.1. The Labute approximate surface area is 152 Å². The maximum Gasteiger partial charge on any atom is 0.175 e. The van der Waals surface area contributed by atoms with Gasteiger partial charge in [-0.15, -0.1) is 11.8 Å². The molecule has 0 aromatic heterocycles. The number of hydrogen-bond acceptors (Lipinski definition) is 4. The van der Waals surface area contributed by atoms with Crippen molar-refractivity contribution in [2.75, 3.05) is 19.4 Å². The summed E-state index contributed by atoms with van der Waals surface area (Å²) in [6.07, 6.45) is 0. The third-order valence-electron chi connectivity index (χ3n) is 3.39. The molecule has 0 saturated heterocycles. The number of rotatable bonds is 5. The van der Waals surface area contributed by atoms with E-state index < -0.39 is 0 Å². The van der Waals surface area contributed by atoms with Gasteiger partial charge in [0.15, 0.2) is 11.5 Å². The molecule has 3 nitrogen and oxygen atoms in total. The minimum Gasteiger partial charge on any atom is -0.493 e. The molecule has 0 unspecified atom stereocenters. The van der Waals surface area contributed by atoms with Gasteiger partial charge < -0.3 is 9.47 Å². The van der Waals surface area contributed by atoms with E-state index in [1.807, 2.05) is 12.1 Å². The van der Waals surface area contributed by atoms with Gasteiger partial charge in [-0.2, -0.15) is 0 Å². The van der Waals surface area contributed by atoms with Gasteiger partial charge in [-0.1, -0.05) is 18.2 Å². The molecule has 0 atom stereocenters. The van der Waals surface area contributed by atoms with Crippen molar-refractivity contribution in [3.05, 3.63) is 56.9 Å². The maximum absolute atomic E-state index is 13.7. The summed E-state index contributed by atoms with van der Waals surface area (Å²) in [4.78, 5) is 4.49. The van der Waals surface area contributed by atoms with Crippen LogP contribution in [0.5, 0.6) is 11.5 Å². The summed E-state index contributed by atoms with van der Waals surface area (Å²) in [5.41, 5.74) is 1.55. The molecular weight excluding hydrogens is 428 g/mol. The minimum atomic E-state index is -0.269. The van der Waals surface area contributed by atoms with E-state index >= 15 is 0 Å². The van der Waals surface area contributed by atoms with Crippen LogP contribution in [0.4, 0.5) is 4.39 Å². The van der Waals surface area contributed by atoms with Crippen LogP contribution in [0.15, 0.2) is 41.4 Å². The van der Waals surface area contributed by atoms with Crippen molar-refractivity contribution < 1.29 is 13.9 Å². The van der Waals surface area contributed by atoms with E-state index in [2.05, 4.69) is 27.6 Å². The van der Waals surface area contributed by atoms with Crippen molar-refractivity contribution in [1.82, 2.24) is 0 Å². The second-order valence-corrected chi connectivity index (χ2v) is 7.15. The van der Waals surface area contributed by atoms with E-state index in [0.29, 0.717) is 17.1 Å². The van der Waals surface area contributed by atoms with Gasteiger partial charge in [0.25, 0.3) is 0 Å². The average molecular weight is 443 g/mol. The lowest BCUT2D eigenvalue weighted by molar-refractivity contribution is 0.277. The molecule has 0 spiro atoms. The molecule has 120 valence electrons. The van der Waals surface area contributed by atoms with Crippen LogP contribution in [-0.2, 0) is 6.61 Å². The molecule has 23 heavy (non-hydrogen) atoms. The number of hydrogen-bond donors (Lipinski definition) is 0. The lowest BCUT2D eigenvalue weighted by Crippen LogP contribution is -2.03. The number of methoxy groups -OCH3 is 1. The molecule has 0 fully saturated rings. The van der Waals surface area contributed by atoms with Crippen molar-refractivity contribution in [1.29, 1.82) is 0 Å². The number of thioether (sulfide) groups is 1. The predicted octanol–water partition coefficient (Wildman–Crippen LogP) is 4.51. The molecule has 2 aromatic carbocycles. The molecule has 3 rings (SSSR count). The molecule has 1 aliphatic rings. The van der Waals surface area contributed by atoms with Crippen LogP contribution in [0.1, 0.15) is 11.1 Å². The Balaban J connectivity index is 1.85. The summed E-state index contributed by atoms with van der Waals surface area (Å²) < 4.78 is 25.9. The van der Waals surface area contributed by atoms with Crippen LogP contribution < -0.4 is 9.47 Å². The molecule has 0 radical (unpaired) electrons. The molecule has 0 N–H and O–H groups in total. The van der Waals surface area contributed by atoms with Crippen LogP contribution in [0.25, 0.3) is 0 Å². The molecule has 0 bridgehead atoms. The van der Waals surface area contributed by atoms with Gasteiger partial charge >= 0.3 is 0 Å². The number of ether oxygens (including phenoxy) is 2. The van der Waals surface area contributed by atoms with E-state index in [1.165, 1.54) is 6.07 Å². The zero-order chi connectivity index (χ0) is 16.2. The largest absolute Gasteiger partial charge is 0.493 e. The first-order valence-corrected chi connectivity index (χ1v) is 9.17. The van der Waals surface area contributed by atoms with E-state index in [1.54, 1.807) is 37.1 Å². The Morgan fingerprint density at radius 2 is 2.13 bits per heavy atom. The summed E-state index contributed by atoms with van der Waals surface area (Å²) in [6.45, 7) is 1.01. The lowest BCUT2D eigenvalue weighted by Gasteiger charge is -2.14. The first kappa shape index (κ1) is 16.6. The fourth-order valence-electron chi connectivity index (χ4n) is 2.26. The first-order valence-electron chi connectivity index (χ1n) is 7.10. The van der Waals surface area contributed by atoms with Gasteiger partial charge in [0.2, 0.25) is 0 Å². The number of aliphatic imine (C=N–C) groups is 1. The fraction of sp³-hybridized carbons (Fsp3) is 0.235. The predicted molar refractivity (Wildman–Crippen MR) is 100 cm³/mol. The van der Waals surface area contributed by atoms with Gasteiger partial charge in [-0.3, -0.25) is 4.99 Å². The maximum atomic E-state index is 13.7. The van der Waals surface area contributed by atoms with Crippen molar-refractivity contribution in [2.24, 2.45) is 4.99 Å². The second kappa shape index (κ2) is 7.53. The SMILES string of the molecule is COc1cc(C2=NCCS2)cc(I)c1OCc1ccccc1F. The number of nitrogens with zero attached hydrogens (tertiary/aromatic N) is 1. The summed E-state index contributed by atoms with van der Waals surface area (Å²) in [5, 5.41) is 1.03. The van der Waals surface area contributed by atoms with Crippen LogP contribution >= 0.6 is 34.4 Å². The summed E-state index contributed by atoms with van der Waals surface area (Å²) >= 11 is 3.95. The van der Waals surface area contributed by atoms with Gasteiger partial charge in [0, 0.05) is 23.4 Å². The van der Waals surface area contributed by atoms with E-state index in [-0.39, 0.29) is 12.4 Å². The van der Waals surface area contributed by atoms with Crippen molar-refractivity contribution >= 4 is 39.4 Å². The lowest BCUT2D eigenvalue weighted by atomic mass is 10.2. The molecule has 6 heteroatoms. The highest BCUT2D eigenvalue weighted by Gasteiger charge is 2.17. The normalized spacial score (nSPS) is 13.8. The van der Waals surface area contributed by atoms with E-state index in [4.69, 9.17) is 9.47 Å². The van der Waals surface area contributed by atoms with Gasteiger partial charge in [0.05, 0.1) is 15.7 Å². The van der Waals surface area contributed by atoms with Crippen LogP contribution in [-0.4, -0.2) is 24.5 Å². The van der Waals surface area contributed by atoms with E-state index in [0.717, 1.165) is 26.5 Å². The second-order valence-electron chi connectivity index (χ2n) is 4.90. The number of benzene rings is 2. The molecule has 1 aliphatic heterocycles. The molecule has 1 heterocycles. The van der Waals surface area contributed by atoms with Crippen LogP contribution in [0.3, 0.4) is 0 Å². The first-order chi connectivity index (χ1) is 11.2. The Hall–Kier alpha value is -1.28. The smallest absolute Gasteiger partial charge is 0.175 e. The molecular formula is C17H15FINO2S. The number of halogens is 2. The molecule has 2 aromatic rings. The summed E-state index contributed by atoms with van der Waals surface area (Å²) in [5.74, 6) is 2.01. The highest BCUT2D eigenvalue weighted by Crippen LogP contribution is 2.36. The van der Waals surface area contributed by atoms with Crippen molar-refractivity contribution in [3.63, 3.8) is 0 Å². The zero-order valence-corrected chi connectivity index (χ0v) is 15.5. The Morgan fingerprint density at radius 1 is 1.30 bits per heavy atom. The Morgan fingerprint density at radius 3 is 2.83 bits per heavy atom. The minimum absolute atomic E-state index is 0.161. The quantitative estimate of drug-likeness (QED) is 0.638. The molecule has 0 saturated carbocycles. The van der Waals surface area contributed by atoms with Gasteiger partial charge in [-0.05, 0) is 40.8 Å². The van der Waals surface area contributed by atoms with Crippen LogP contribution in [0, 0.1) is 9.39 Å². The Bertz CT molecular complexity index is 751. The third kappa shape index (κ3) is 3.80. The Kier molecular flexibility index (Phi) is 5.42.